The van der Waals surface area contributed by atoms with Gasteiger partial charge in [0.25, 0.3) is 11.8 Å². The number of primary amides is 1. The number of aliphatic hydroxyl groups is 1. The first-order chi connectivity index (χ1) is 14.4. The van der Waals surface area contributed by atoms with Crippen LogP contribution in [-0.4, -0.2) is 56.3 Å². The highest BCUT2D eigenvalue weighted by atomic mass is 32.1. The molecular formula is C21H21N5O3S. The zero-order valence-corrected chi connectivity index (χ0v) is 17.2. The Balaban J connectivity index is 0.000000269. The molecule has 1 aliphatic heterocycles. The number of carbonyl (C=O) groups is 2. The molecular weight excluding hydrogens is 402 g/mol. The monoisotopic (exact) mass is 423 g/mol. The zero-order valence-electron chi connectivity index (χ0n) is 16.4. The molecule has 1 fully saturated rings. The van der Waals surface area contributed by atoms with E-state index < -0.39 is 12.0 Å². The highest BCUT2D eigenvalue weighted by Gasteiger charge is 2.26. The normalized spacial score (nSPS) is 15.4. The van der Waals surface area contributed by atoms with Crippen molar-refractivity contribution in [3.63, 3.8) is 0 Å². The van der Waals surface area contributed by atoms with E-state index >= 15 is 0 Å². The van der Waals surface area contributed by atoms with E-state index in [4.69, 9.17) is 17.3 Å². The summed E-state index contributed by atoms with van der Waals surface area (Å²) in [6.07, 6.45) is 8.79. The number of hydrogen-bond acceptors (Lipinski definition) is 6. The van der Waals surface area contributed by atoms with Crippen LogP contribution in [0.5, 0.6) is 0 Å². The predicted octanol–water partition coefficient (Wildman–Crippen LogP) is 1.34. The summed E-state index contributed by atoms with van der Waals surface area (Å²) in [5, 5.41) is 13.6. The fraction of sp³-hybridized carbons (Fsp3) is 0.238. The van der Waals surface area contributed by atoms with E-state index in [1.165, 1.54) is 16.2 Å². The Morgan fingerprint density at radius 1 is 1.43 bits per heavy atom. The van der Waals surface area contributed by atoms with Gasteiger partial charge in [-0.05, 0) is 24.6 Å². The van der Waals surface area contributed by atoms with E-state index in [9.17, 15) is 9.59 Å². The minimum atomic E-state index is -0.722. The van der Waals surface area contributed by atoms with Crippen LogP contribution in [0.25, 0.3) is 10.6 Å². The van der Waals surface area contributed by atoms with E-state index in [1.54, 1.807) is 17.9 Å². The maximum atomic E-state index is 11.6. The molecule has 0 bridgehead atoms. The van der Waals surface area contributed by atoms with Crippen LogP contribution in [0.1, 0.15) is 27.3 Å². The van der Waals surface area contributed by atoms with Gasteiger partial charge in [0.05, 0.1) is 11.4 Å². The molecule has 4 rings (SSSR count). The number of likely N-dealkylation sites (tertiary alicyclic amines) is 1. The number of hydrogen-bond donors (Lipinski definition) is 2. The van der Waals surface area contributed by atoms with E-state index in [1.807, 2.05) is 36.5 Å². The van der Waals surface area contributed by atoms with Crippen molar-refractivity contribution in [3.05, 3.63) is 58.9 Å². The fourth-order valence-corrected chi connectivity index (χ4v) is 3.92. The molecule has 3 heterocycles. The molecule has 154 valence electrons. The number of rotatable bonds is 4. The third-order valence-corrected chi connectivity index (χ3v) is 5.56. The van der Waals surface area contributed by atoms with Gasteiger partial charge in [-0.3, -0.25) is 14.3 Å². The quantitative estimate of drug-likeness (QED) is 0.615. The number of terminal acetylenes is 1. The van der Waals surface area contributed by atoms with Crippen LogP contribution < -0.4 is 5.73 Å². The summed E-state index contributed by atoms with van der Waals surface area (Å²) in [5.74, 6) is 1.90. The molecule has 9 heteroatoms. The molecule has 2 aromatic heterocycles. The molecule has 1 atom stereocenters. The average molecular weight is 423 g/mol. The van der Waals surface area contributed by atoms with Gasteiger partial charge in [0.2, 0.25) is 0 Å². The standard InChI is InChI=1S/C16H12N4OS.C5H9NO2/c1-2-11-5-3-6-12(9-11)16-19-14(15(17)21)13(22-16)10-20-8-4-7-18-20;1-6-3-2-4(7)5(6)8/h1,3-9H,10H2,(H2,17,21);4,7H,2-3H2,1H3/t;4-/m.0/s1. The molecule has 3 aromatic rings. The third-order valence-electron chi connectivity index (χ3n) is 4.47. The second-order valence-corrected chi connectivity index (χ2v) is 7.73. The second-order valence-electron chi connectivity index (χ2n) is 6.65. The lowest BCUT2D eigenvalue weighted by molar-refractivity contribution is -0.133. The van der Waals surface area contributed by atoms with E-state index in [0.717, 1.165) is 16.0 Å². The number of thiazole rings is 1. The van der Waals surface area contributed by atoms with Crippen LogP contribution in [0.3, 0.4) is 0 Å². The first-order valence-corrected chi connectivity index (χ1v) is 9.97. The topological polar surface area (TPSA) is 114 Å². The predicted molar refractivity (Wildman–Crippen MR) is 114 cm³/mol. The van der Waals surface area contributed by atoms with Gasteiger partial charge in [-0.1, -0.05) is 18.1 Å². The molecule has 30 heavy (non-hydrogen) atoms. The number of aliphatic hydroxyl groups excluding tert-OH is 1. The van der Waals surface area contributed by atoms with Crippen molar-refractivity contribution in [3.8, 4) is 22.9 Å². The lowest BCUT2D eigenvalue weighted by atomic mass is 10.1. The Hall–Kier alpha value is -3.48. The summed E-state index contributed by atoms with van der Waals surface area (Å²) in [7, 11) is 1.69. The maximum Gasteiger partial charge on any atom is 0.268 e. The van der Waals surface area contributed by atoms with Crippen molar-refractivity contribution in [2.45, 2.75) is 19.1 Å². The summed E-state index contributed by atoms with van der Waals surface area (Å²) < 4.78 is 1.72. The van der Waals surface area contributed by atoms with Crippen molar-refractivity contribution in [1.29, 1.82) is 0 Å². The summed E-state index contributed by atoms with van der Waals surface area (Å²) in [6.45, 7) is 1.15. The Bertz CT molecular complexity index is 1070. The van der Waals surface area contributed by atoms with Gasteiger partial charge >= 0.3 is 0 Å². The van der Waals surface area contributed by atoms with Crippen LogP contribution in [-0.2, 0) is 11.3 Å². The first kappa shape index (κ1) is 21.2. The molecule has 0 aliphatic carbocycles. The second kappa shape index (κ2) is 9.35. The van der Waals surface area contributed by atoms with Crippen LogP contribution >= 0.6 is 11.3 Å². The largest absolute Gasteiger partial charge is 0.383 e. The zero-order chi connectivity index (χ0) is 21.7. The number of likely N-dealkylation sites (N-methyl/N-ethyl adjacent to an activating group) is 1. The molecule has 3 N–H and O–H groups in total. The summed E-state index contributed by atoms with van der Waals surface area (Å²) in [4.78, 5) is 28.9. The minimum absolute atomic E-state index is 0.148. The lowest BCUT2D eigenvalue weighted by Crippen LogP contribution is -2.24. The van der Waals surface area contributed by atoms with E-state index in [0.29, 0.717) is 24.5 Å². The average Bonchev–Trinajstić information content (AvgIpc) is 3.47. The molecule has 1 aliphatic rings. The number of nitrogens with two attached hydrogens (primary N) is 1. The number of amides is 2. The maximum absolute atomic E-state index is 11.6. The van der Waals surface area contributed by atoms with Crippen molar-refractivity contribution >= 4 is 23.2 Å². The molecule has 1 aromatic carbocycles. The minimum Gasteiger partial charge on any atom is -0.383 e. The molecule has 0 saturated carbocycles. The summed E-state index contributed by atoms with van der Waals surface area (Å²) in [6, 6.07) is 9.30. The van der Waals surface area contributed by atoms with Gasteiger partial charge in [0.15, 0.2) is 0 Å². The van der Waals surface area contributed by atoms with Gasteiger partial charge in [-0.2, -0.15) is 5.10 Å². The van der Waals surface area contributed by atoms with E-state index in [2.05, 4.69) is 16.0 Å². The van der Waals surface area contributed by atoms with Gasteiger partial charge in [-0.15, -0.1) is 17.8 Å². The fourth-order valence-electron chi connectivity index (χ4n) is 2.86. The number of nitrogens with zero attached hydrogens (tertiary/aromatic N) is 4. The van der Waals surface area contributed by atoms with Crippen LogP contribution in [0, 0.1) is 12.3 Å². The van der Waals surface area contributed by atoms with Crippen molar-refractivity contribution < 1.29 is 14.7 Å². The lowest BCUT2D eigenvalue weighted by Gasteiger charge is -2.04. The Labute approximate surface area is 178 Å². The van der Waals surface area contributed by atoms with Gasteiger partial charge in [0.1, 0.15) is 16.8 Å². The Morgan fingerprint density at radius 3 is 2.77 bits per heavy atom. The van der Waals surface area contributed by atoms with Crippen molar-refractivity contribution in [2.24, 2.45) is 5.73 Å². The third kappa shape index (κ3) is 4.92. The Kier molecular flexibility index (Phi) is 6.61. The summed E-state index contributed by atoms with van der Waals surface area (Å²) in [5.41, 5.74) is 7.35. The highest BCUT2D eigenvalue weighted by molar-refractivity contribution is 7.15. The van der Waals surface area contributed by atoms with Gasteiger partial charge in [-0.25, -0.2) is 4.98 Å². The molecule has 0 spiro atoms. The van der Waals surface area contributed by atoms with Crippen LogP contribution in [0.4, 0.5) is 0 Å². The van der Waals surface area contributed by atoms with Crippen molar-refractivity contribution in [2.75, 3.05) is 13.6 Å². The Morgan fingerprint density at radius 2 is 2.23 bits per heavy atom. The molecule has 2 amide bonds. The number of benzene rings is 1. The van der Waals surface area contributed by atoms with Crippen LogP contribution in [0.2, 0.25) is 0 Å². The molecule has 0 unspecified atom stereocenters. The molecule has 0 radical (unpaired) electrons. The number of carbonyl (C=O) groups excluding carboxylic acids is 2. The van der Waals surface area contributed by atoms with E-state index in [-0.39, 0.29) is 11.6 Å². The number of aromatic nitrogens is 3. The van der Waals surface area contributed by atoms with Gasteiger partial charge in [0, 0.05) is 37.1 Å². The van der Waals surface area contributed by atoms with Gasteiger partial charge < -0.3 is 15.7 Å². The SMILES string of the molecule is C#Cc1cccc(-c2nc(C(N)=O)c(Cn3cccn3)s2)c1.CN1CC[C@H](O)C1=O. The highest BCUT2D eigenvalue weighted by Crippen LogP contribution is 2.29. The van der Waals surface area contributed by atoms with Crippen molar-refractivity contribution in [1.82, 2.24) is 19.7 Å². The first-order valence-electron chi connectivity index (χ1n) is 9.16. The van der Waals surface area contributed by atoms with Crippen LogP contribution in [0.15, 0.2) is 42.7 Å². The summed E-state index contributed by atoms with van der Waals surface area (Å²) >= 11 is 1.42. The smallest absolute Gasteiger partial charge is 0.268 e. The molecule has 8 nitrogen and oxygen atoms in total. The molecule has 1 saturated heterocycles.